The van der Waals surface area contributed by atoms with Crippen molar-refractivity contribution < 1.29 is 28.0 Å². The molecule has 9 nitrogen and oxygen atoms in total. The lowest BCUT2D eigenvalue weighted by Crippen LogP contribution is -2.46. The van der Waals surface area contributed by atoms with E-state index in [9.17, 15) is 28.5 Å². The van der Waals surface area contributed by atoms with Crippen molar-refractivity contribution in [2.24, 2.45) is 5.92 Å². The first kappa shape index (κ1) is 23.9. The average Bonchev–Trinajstić information content (AvgIpc) is 2.81. The number of hydrogen-bond donors (Lipinski definition) is 2. The highest BCUT2D eigenvalue weighted by molar-refractivity contribution is 5.97. The van der Waals surface area contributed by atoms with Gasteiger partial charge in [-0.2, -0.15) is 8.78 Å². The molecular weight excluding hydrogens is 438 g/mol. The first-order valence-corrected chi connectivity index (χ1v) is 10.4. The first-order valence-electron chi connectivity index (χ1n) is 10.4. The molecule has 3 rings (SSSR count). The molecule has 0 radical (unpaired) electrons. The van der Waals surface area contributed by atoms with E-state index in [1.165, 1.54) is 29.2 Å². The smallest absolute Gasteiger partial charge is 0.387 e. The zero-order chi connectivity index (χ0) is 23.8. The van der Waals surface area contributed by atoms with Crippen LogP contribution >= 0.6 is 0 Å². The second-order valence-corrected chi connectivity index (χ2v) is 7.46. The molecule has 0 spiro atoms. The van der Waals surface area contributed by atoms with Crippen molar-refractivity contribution in [2.45, 2.75) is 19.5 Å². The van der Waals surface area contributed by atoms with Gasteiger partial charge in [0, 0.05) is 32.2 Å². The van der Waals surface area contributed by atoms with Gasteiger partial charge in [-0.15, -0.1) is 0 Å². The third-order valence-electron chi connectivity index (χ3n) is 5.25. The SMILES string of the molecule is O=C(NCCNc1ccccc1[N+](=O)[O-])C1CCCN(C(=O)c2ccccc2OC(F)F)C1. The summed E-state index contributed by atoms with van der Waals surface area (Å²) in [4.78, 5) is 37.5. The lowest BCUT2D eigenvalue weighted by Gasteiger charge is -2.32. The fourth-order valence-corrected chi connectivity index (χ4v) is 3.70. The molecule has 0 bridgehead atoms. The van der Waals surface area contributed by atoms with Crippen LogP contribution in [0.5, 0.6) is 5.75 Å². The van der Waals surface area contributed by atoms with Crippen molar-refractivity contribution in [1.29, 1.82) is 0 Å². The molecule has 1 atom stereocenters. The minimum absolute atomic E-state index is 0.0208. The molecule has 2 aromatic rings. The Bertz CT molecular complexity index is 1000. The maximum absolute atomic E-state index is 12.9. The molecule has 1 fully saturated rings. The maximum Gasteiger partial charge on any atom is 0.387 e. The topological polar surface area (TPSA) is 114 Å². The van der Waals surface area contributed by atoms with Gasteiger partial charge in [-0.05, 0) is 31.0 Å². The molecule has 0 saturated carbocycles. The molecule has 1 aliphatic rings. The standard InChI is InChI=1S/C22H24F2N4O5/c23-22(24)33-19-10-4-1-7-16(19)21(30)27-13-5-6-15(14-27)20(29)26-12-11-25-17-8-2-3-9-18(17)28(31)32/h1-4,7-10,15,22,25H,5-6,11-14H2,(H,26,29). The molecule has 33 heavy (non-hydrogen) atoms. The lowest BCUT2D eigenvalue weighted by molar-refractivity contribution is -0.384. The van der Waals surface area contributed by atoms with Gasteiger partial charge in [-0.1, -0.05) is 24.3 Å². The molecule has 1 saturated heterocycles. The average molecular weight is 462 g/mol. The van der Waals surface area contributed by atoms with Gasteiger partial charge < -0.3 is 20.3 Å². The number of likely N-dealkylation sites (tertiary alicyclic amines) is 1. The van der Waals surface area contributed by atoms with Gasteiger partial charge in [0.2, 0.25) is 5.91 Å². The summed E-state index contributed by atoms with van der Waals surface area (Å²) < 4.78 is 29.8. The number of hydrogen-bond acceptors (Lipinski definition) is 6. The number of benzene rings is 2. The van der Waals surface area contributed by atoms with Crippen LogP contribution in [-0.2, 0) is 4.79 Å². The number of para-hydroxylation sites is 3. The molecule has 2 aromatic carbocycles. The summed E-state index contributed by atoms with van der Waals surface area (Å²) in [5.74, 6) is -1.36. The number of rotatable bonds is 9. The van der Waals surface area contributed by atoms with Crippen LogP contribution in [0, 0.1) is 16.0 Å². The number of nitrogens with one attached hydrogen (secondary N) is 2. The second-order valence-electron chi connectivity index (χ2n) is 7.46. The zero-order valence-electron chi connectivity index (χ0n) is 17.7. The van der Waals surface area contributed by atoms with Crippen molar-refractivity contribution in [3.05, 3.63) is 64.2 Å². The van der Waals surface area contributed by atoms with Crippen LogP contribution in [0.3, 0.4) is 0 Å². The third-order valence-corrected chi connectivity index (χ3v) is 5.25. The molecule has 0 aromatic heterocycles. The Morgan fingerprint density at radius 2 is 1.88 bits per heavy atom. The Morgan fingerprint density at radius 1 is 1.15 bits per heavy atom. The normalized spacial score (nSPS) is 15.7. The molecule has 0 aliphatic carbocycles. The Balaban J connectivity index is 1.53. The Labute approximate surface area is 188 Å². The monoisotopic (exact) mass is 462 g/mol. The van der Waals surface area contributed by atoms with Gasteiger partial charge in [-0.25, -0.2) is 0 Å². The van der Waals surface area contributed by atoms with Crippen LogP contribution in [0.15, 0.2) is 48.5 Å². The highest BCUT2D eigenvalue weighted by Gasteiger charge is 2.30. The summed E-state index contributed by atoms with van der Waals surface area (Å²) in [6.07, 6.45) is 1.18. The quantitative estimate of drug-likeness (QED) is 0.336. The van der Waals surface area contributed by atoms with Gasteiger partial charge in [0.25, 0.3) is 11.6 Å². The largest absolute Gasteiger partial charge is 0.434 e. The number of nitrogens with zero attached hydrogens (tertiary/aromatic N) is 2. The van der Waals surface area contributed by atoms with Gasteiger partial charge in [0.1, 0.15) is 11.4 Å². The summed E-state index contributed by atoms with van der Waals surface area (Å²) in [5, 5.41) is 16.8. The first-order chi connectivity index (χ1) is 15.9. The second kappa shape index (κ2) is 11.2. The summed E-state index contributed by atoms with van der Waals surface area (Å²) in [6, 6.07) is 12.0. The van der Waals surface area contributed by atoms with Gasteiger partial charge >= 0.3 is 6.61 Å². The van der Waals surface area contributed by atoms with E-state index in [-0.39, 0.29) is 42.5 Å². The van der Waals surface area contributed by atoms with E-state index in [4.69, 9.17) is 0 Å². The summed E-state index contributed by atoms with van der Waals surface area (Å²) in [6.45, 7) is -1.97. The highest BCUT2D eigenvalue weighted by Crippen LogP contribution is 2.25. The van der Waals surface area contributed by atoms with Crippen molar-refractivity contribution in [2.75, 3.05) is 31.5 Å². The summed E-state index contributed by atoms with van der Waals surface area (Å²) >= 11 is 0. The number of anilines is 1. The molecule has 11 heteroatoms. The lowest BCUT2D eigenvalue weighted by atomic mass is 9.96. The van der Waals surface area contributed by atoms with E-state index in [0.717, 1.165) is 0 Å². The van der Waals surface area contributed by atoms with Gasteiger partial charge in [-0.3, -0.25) is 19.7 Å². The molecule has 1 unspecified atom stereocenters. The van der Waals surface area contributed by atoms with Crippen LogP contribution in [0.2, 0.25) is 0 Å². The van der Waals surface area contributed by atoms with E-state index < -0.39 is 23.4 Å². The van der Waals surface area contributed by atoms with E-state index in [0.29, 0.717) is 25.1 Å². The fourth-order valence-electron chi connectivity index (χ4n) is 3.70. The van der Waals surface area contributed by atoms with Crippen molar-refractivity contribution >= 4 is 23.2 Å². The van der Waals surface area contributed by atoms with Crippen LogP contribution in [0.1, 0.15) is 23.2 Å². The van der Waals surface area contributed by atoms with Crippen LogP contribution in [-0.4, -0.2) is 54.4 Å². The van der Waals surface area contributed by atoms with Crippen molar-refractivity contribution in [3.8, 4) is 5.75 Å². The van der Waals surface area contributed by atoms with Crippen molar-refractivity contribution in [3.63, 3.8) is 0 Å². The molecule has 2 N–H and O–H groups in total. The number of halogens is 2. The van der Waals surface area contributed by atoms with E-state index in [1.54, 1.807) is 24.3 Å². The van der Waals surface area contributed by atoms with E-state index in [2.05, 4.69) is 15.4 Å². The van der Waals surface area contributed by atoms with Crippen molar-refractivity contribution in [1.82, 2.24) is 10.2 Å². The predicted octanol–water partition coefficient (Wildman–Crippen LogP) is 3.28. The Morgan fingerprint density at radius 3 is 2.64 bits per heavy atom. The number of alkyl halides is 2. The van der Waals surface area contributed by atoms with E-state index in [1.807, 2.05) is 0 Å². The molecular formula is C22H24F2N4O5. The number of ether oxygens (including phenoxy) is 1. The van der Waals surface area contributed by atoms with Crippen LogP contribution < -0.4 is 15.4 Å². The predicted molar refractivity (Wildman–Crippen MR) is 116 cm³/mol. The van der Waals surface area contributed by atoms with Crippen LogP contribution in [0.25, 0.3) is 0 Å². The third kappa shape index (κ3) is 6.37. The molecule has 176 valence electrons. The summed E-state index contributed by atoms with van der Waals surface area (Å²) in [5.41, 5.74) is 0.324. The van der Waals surface area contributed by atoms with Gasteiger partial charge in [0.05, 0.1) is 16.4 Å². The highest BCUT2D eigenvalue weighted by atomic mass is 19.3. The number of carbonyl (C=O) groups is 2. The number of nitro groups is 1. The number of amides is 2. The zero-order valence-corrected chi connectivity index (χ0v) is 17.7. The maximum atomic E-state index is 12.9. The summed E-state index contributed by atoms with van der Waals surface area (Å²) in [7, 11) is 0. The number of carbonyl (C=O) groups excluding carboxylic acids is 2. The minimum Gasteiger partial charge on any atom is -0.434 e. The molecule has 1 aliphatic heterocycles. The molecule has 2 amide bonds. The van der Waals surface area contributed by atoms with Crippen LogP contribution in [0.4, 0.5) is 20.2 Å². The van der Waals surface area contributed by atoms with E-state index >= 15 is 0 Å². The minimum atomic E-state index is -3.05. The Hall–Kier alpha value is -3.76. The molecule has 1 heterocycles. The van der Waals surface area contributed by atoms with Gasteiger partial charge in [0.15, 0.2) is 0 Å². The fraction of sp³-hybridized carbons (Fsp3) is 0.364. The Kier molecular flexibility index (Phi) is 8.11. The number of nitro benzene ring substituents is 1. The number of piperidine rings is 1.